The highest BCUT2D eigenvalue weighted by molar-refractivity contribution is 6.46. The average Bonchev–Trinajstić information content (AvgIpc) is 2.86. The van der Waals surface area contributed by atoms with Gasteiger partial charge in [-0.25, -0.2) is 0 Å². The van der Waals surface area contributed by atoms with Gasteiger partial charge in [0.15, 0.2) is 0 Å². The third kappa shape index (κ3) is 2.76. The number of nitrogens with zero attached hydrogens (tertiary/aromatic N) is 2. The number of likely N-dealkylation sites (N-methyl/N-ethyl adjacent to an activating group) is 1. The number of hydrogen-bond acceptors (Lipinski definition) is 5. The van der Waals surface area contributed by atoms with Gasteiger partial charge in [-0.1, -0.05) is 42.5 Å². The van der Waals surface area contributed by atoms with Crippen LogP contribution in [0.25, 0.3) is 5.76 Å². The van der Waals surface area contributed by atoms with Gasteiger partial charge in [-0.15, -0.1) is 0 Å². The number of Topliss-reactive ketones (excluding diaryl/α,β-unsaturated/α-hetero) is 1. The first-order valence-corrected chi connectivity index (χ1v) is 7.46. The van der Waals surface area contributed by atoms with Gasteiger partial charge in [0.2, 0.25) is 0 Å². The first kappa shape index (κ1) is 16.4. The molecule has 1 N–H and O–H groups in total. The molecule has 1 fully saturated rings. The van der Waals surface area contributed by atoms with E-state index in [1.807, 2.05) is 0 Å². The maximum absolute atomic E-state index is 12.4. The molecule has 7 nitrogen and oxygen atoms in total. The van der Waals surface area contributed by atoms with E-state index in [2.05, 4.69) is 0 Å². The van der Waals surface area contributed by atoms with Gasteiger partial charge in [0, 0.05) is 24.7 Å². The zero-order chi connectivity index (χ0) is 18.1. The first-order chi connectivity index (χ1) is 11.9. The Bertz CT molecular complexity index is 905. The molecule has 0 aromatic heterocycles. The molecule has 1 heterocycles. The Morgan fingerprint density at radius 2 is 1.80 bits per heavy atom. The predicted octanol–water partition coefficient (Wildman–Crippen LogP) is 2.65. The lowest BCUT2D eigenvalue weighted by Crippen LogP contribution is -2.24. The number of carbonyl (C=O) groups is 2. The first-order valence-electron chi connectivity index (χ1n) is 7.46. The van der Waals surface area contributed by atoms with Crippen molar-refractivity contribution in [2.75, 3.05) is 7.05 Å². The Kier molecular flexibility index (Phi) is 4.06. The average molecular weight is 338 g/mol. The van der Waals surface area contributed by atoms with Crippen LogP contribution in [0.2, 0.25) is 0 Å². The van der Waals surface area contributed by atoms with Crippen LogP contribution in [0.3, 0.4) is 0 Å². The summed E-state index contributed by atoms with van der Waals surface area (Å²) in [5, 5.41) is 21.6. The molecule has 1 aliphatic rings. The largest absolute Gasteiger partial charge is 0.507 e. The summed E-state index contributed by atoms with van der Waals surface area (Å²) in [4.78, 5) is 36.2. The van der Waals surface area contributed by atoms with E-state index in [4.69, 9.17) is 0 Å². The minimum atomic E-state index is -0.889. The number of nitro benzene ring substituents is 1. The van der Waals surface area contributed by atoms with Crippen LogP contribution in [0.1, 0.15) is 17.2 Å². The molecule has 25 heavy (non-hydrogen) atoms. The zero-order valence-corrected chi connectivity index (χ0v) is 13.2. The van der Waals surface area contributed by atoms with Gasteiger partial charge in [0.1, 0.15) is 5.76 Å². The van der Waals surface area contributed by atoms with Crippen molar-refractivity contribution in [3.05, 3.63) is 81.4 Å². The number of carbonyl (C=O) groups excluding carboxylic acids is 2. The number of ketones is 1. The fourth-order valence-corrected chi connectivity index (χ4v) is 2.90. The summed E-state index contributed by atoms with van der Waals surface area (Å²) in [7, 11) is 1.43. The molecule has 7 heteroatoms. The Hall–Kier alpha value is -3.48. The molecule has 126 valence electrons. The van der Waals surface area contributed by atoms with Crippen LogP contribution < -0.4 is 0 Å². The molecule has 1 atom stereocenters. The minimum absolute atomic E-state index is 0.0841. The summed E-state index contributed by atoms with van der Waals surface area (Å²) in [5.41, 5.74) is 0.535. The molecule has 1 unspecified atom stereocenters. The van der Waals surface area contributed by atoms with Crippen LogP contribution >= 0.6 is 0 Å². The van der Waals surface area contributed by atoms with Gasteiger partial charge >= 0.3 is 0 Å². The fourth-order valence-electron chi connectivity index (χ4n) is 2.90. The normalized spacial score (nSPS) is 19.2. The number of hydrogen-bond donors (Lipinski definition) is 1. The molecular formula is C18H14N2O5. The smallest absolute Gasteiger partial charge is 0.295 e. The lowest BCUT2D eigenvalue weighted by atomic mass is 9.95. The van der Waals surface area contributed by atoms with Gasteiger partial charge in [-0.2, -0.15) is 0 Å². The Morgan fingerprint density at radius 3 is 2.44 bits per heavy atom. The van der Waals surface area contributed by atoms with Crippen LogP contribution in [0.15, 0.2) is 60.2 Å². The fraction of sp³-hybridized carbons (Fsp3) is 0.111. The second-order valence-corrected chi connectivity index (χ2v) is 5.63. The highest BCUT2D eigenvalue weighted by Crippen LogP contribution is 2.39. The third-order valence-electron chi connectivity index (χ3n) is 4.12. The Balaban J connectivity index is 2.19. The summed E-state index contributed by atoms with van der Waals surface area (Å²) in [6.45, 7) is 0. The number of aliphatic hydroxyl groups is 1. The number of non-ortho nitro benzene ring substituents is 1. The molecule has 2 aromatic carbocycles. The molecule has 1 saturated heterocycles. The Labute approximate surface area is 143 Å². The monoisotopic (exact) mass is 338 g/mol. The van der Waals surface area contributed by atoms with Crippen molar-refractivity contribution in [3.8, 4) is 0 Å². The molecule has 1 amide bonds. The van der Waals surface area contributed by atoms with Crippen molar-refractivity contribution >= 4 is 23.1 Å². The number of aliphatic hydroxyl groups excluding tert-OH is 1. The van der Waals surface area contributed by atoms with Crippen molar-refractivity contribution in [1.82, 2.24) is 4.90 Å². The summed E-state index contributed by atoms with van der Waals surface area (Å²) < 4.78 is 0. The van der Waals surface area contributed by atoms with Gasteiger partial charge in [-0.05, 0) is 5.56 Å². The van der Waals surface area contributed by atoms with Crippen LogP contribution in [0, 0.1) is 10.1 Å². The molecule has 3 rings (SSSR count). The van der Waals surface area contributed by atoms with Crippen molar-refractivity contribution in [2.45, 2.75) is 6.04 Å². The third-order valence-corrected chi connectivity index (χ3v) is 4.12. The highest BCUT2D eigenvalue weighted by Gasteiger charge is 2.44. The van der Waals surface area contributed by atoms with Crippen molar-refractivity contribution < 1.29 is 19.6 Å². The summed E-state index contributed by atoms with van der Waals surface area (Å²) >= 11 is 0. The van der Waals surface area contributed by atoms with E-state index < -0.39 is 22.7 Å². The quantitative estimate of drug-likeness (QED) is 0.305. The highest BCUT2D eigenvalue weighted by atomic mass is 16.6. The van der Waals surface area contributed by atoms with E-state index in [9.17, 15) is 24.8 Å². The van der Waals surface area contributed by atoms with E-state index in [0.29, 0.717) is 11.1 Å². The number of nitro groups is 1. The summed E-state index contributed by atoms with van der Waals surface area (Å²) in [6, 6.07) is 13.2. The van der Waals surface area contributed by atoms with E-state index >= 15 is 0 Å². The number of rotatable bonds is 3. The molecule has 0 saturated carbocycles. The minimum Gasteiger partial charge on any atom is -0.507 e. The number of likely N-dealkylation sites (tertiary alicyclic amines) is 1. The Morgan fingerprint density at radius 1 is 1.12 bits per heavy atom. The SMILES string of the molecule is CN1C(=O)C(=O)C(=C(O)c2ccccc2)C1c1cccc([N+](=O)[O-])c1. The topological polar surface area (TPSA) is 101 Å². The molecule has 1 aliphatic heterocycles. The van der Waals surface area contributed by atoms with Crippen molar-refractivity contribution in [1.29, 1.82) is 0 Å². The van der Waals surface area contributed by atoms with Gasteiger partial charge in [0.25, 0.3) is 17.4 Å². The molecule has 0 spiro atoms. The lowest BCUT2D eigenvalue weighted by Gasteiger charge is -2.20. The summed E-state index contributed by atoms with van der Waals surface area (Å²) in [6.07, 6.45) is 0. The lowest BCUT2D eigenvalue weighted by molar-refractivity contribution is -0.384. The molecule has 0 bridgehead atoms. The summed E-state index contributed by atoms with van der Waals surface area (Å²) in [5.74, 6) is -1.89. The predicted molar refractivity (Wildman–Crippen MR) is 89.6 cm³/mol. The zero-order valence-electron chi connectivity index (χ0n) is 13.2. The van der Waals surface area contributed by atoms with E-state index in [-0.39, 0.29) is 17.0 Å². The van der Waals surface area contributed by atoms with Gasteiger partial charge < -0.3 is 10.0 Å². The maximum Gasteiger partial charge on any atom is 0.295 e. The van der Waals surface area contributed by atoms with Gasteiger partial charge in [-0.3, -0.25) is 19.7 Å². The number of benzene rings is 2. The van der Waals surface area contributed by atoms with Crippen LogP contribution in [0.5, 0.6) is 0 Å². The molecule has 0 aliphatic carbocycles. The standard InChI is InChI=1S/C18H14N2O5/c1-19-15(12-8-5-9-13(10-12)20(24)25)14(17(22)18(19)23)16(21)11-6-3-2-4-7-11/h2-10,15,21H,1H3. The van der Waals surface area contributed by atoms with E-state index in [1.54, 1.807) is 36.4 Å². The van der Waals surface area contributed by atoms with E-state index in [1.165, 1.54) is 30.1 Å². The van der Waals surface area contributed by atoms with E-state index in [0.717, 1.165) is 0 Å². The number of amides is 1. The van der Waals surface area contributed by atoms with Crippen LogP contribution in [-0.4, -0.2) is 33.7 Å². The van der Waals surface area contributed by atoms with Crippen LogP contribution in [-0.2, 0) is 9.59 Å². The molecular weight excluding hydrogens is 324 g/mol. The second-order valence-electron chi connectivity index (χ2n) is 5.63. The van der Waals surface area contributed by atoms with Crippen molar-refractivity contribution in [3.63, 3.8) is 0 Å². The van der Waals surface area contributed by atoms with Crippen LogP contribution in [0.4, 0.5) is 5.69 Å². The van der Waals surface area contributed by atoms with Crippen molar-refractivity contribution in [2.24, 2.45) is 0 Å². The second kappa shape index (κ2) is 6.20. The molecule has 2 aromatic rings. The van der Waals surface area contributed by atoms with Gasteiger partial charge in [0.05, 0.1) is 16.5 Å². The molecule has 0 radical (unpaired) electrons. The maximum atomic E-state index is 12.4.